The molecule has 260 valence electrons. The zero-order chi connectivity index (χ0) is 34.2. The highest BCUT2D eigenvalue weighted by molar-refractivity contribution is 9.10. The molecule has 0 spiro atoms. The lowest BCUT2D eigenvalue weighted by Crippen LogP contribution is -2.46. The van der Waals surface area contributed by atoms with Crippen LogP contribution in [0.2, 0.25) is 0 Å². The third kappa shape index (κ3) is 7.81. The standard InChI is InChI=1S/C37H42BrN3O6S2/c38-27-15-18-30-33(19-27)48-36(39-30)47-28-20-31-32(42)22-37(35(44)40-49(45,46)29-16-17-29)21-26(37)12-8-3-1-2-7-11-25(34(43)41(31)23-28)14-13-24-9-5-4-6-10-24/h4-6,8-10,12,15,18-19,25-26,28-29,31H,1-3,7,11,13-14,16-17,20-23H2,(H,40,44)/b12-8-/t25-,26+,28-,31+,37-/m1/s1. The topological polar surface area (TPSA) is 123 Å². The number of ketones is 1. The molecule has 0 unspecified atom stereocenters. The summed E-state index contributed by atoms with van der Waals surface area (Å²) < 4.78 is 36.2. The molecule has 2 aliphatic carbocycles. The Hall–Kier alpha value is -3.09. The Labute approximate surface area is 300 Å². The van der Waals surface area contributed by atoms with Gasteiger partial charge in [-0.3, -0.25) is 19.1 Å². The third-order valence-electron chi connectivity index (χ3n) is 10.6. The molecular formula is C37H42BrN3O6S2. The Morgan fingerprint density at radius 3 is 2.69 bits per heavy atom. The molecule has 3 aromatic rings. The second-order valence-corrected chi connectivity index (χ2v) is 18.0. The quantitative estimate of drug-likeness (QED) is 0.252. The fraction of sp³-hybridized carbons (Fsp3) is 0.514. The molecule has 5 atom stereocenters. The Morgan fingerprint density at radius 2 is 1.90 bits per heavy atom. The number of fused-ring (bicyclic) bond motifs is 3. The zero-order valence-corrected chi connectivity index (χ0v) is 30.6. The van der Waals surface area contributed by atoms with Crippen LogP contribution < -0.4 is 9.46 Å². The summed E-state index contributed by atoms with van der Waals surface area (Å²) in [4.78, 5) is 48.9. The number of thiazole rings is 1. The number of sulfonamides is 1. The maximum absolute atomic E-state index is 14.5. The van der Waals surface area contributed by atoms with Crippen LogP contribution in [0.4, 0.5) is 0 Å². The SMILES string of the molecule is O=C1C[C@]2(C(=O)NS(=O)(=O)C3CC3)C[C@@H]2/C=C\CCCCC[C@H](CCc2ccccc2)C(=O)N2C[C@H](Oc3nc4ccc(Br)cc4s3)C[C@@H]12. The molecule has 12 heteroatoms. The lowest BCUT2D eigenvalue weighted by molar-refractivity contribution is -0.142. The van der Waals surface area contributed by atoms with E-state index in [1.54, 1.807) is 4.90 Å². The second kappa shape index (κ2) is 14.3. The van der Waals surface area contributed by atoms with Gasteiger partial charge in [0.1, 0.15) is 6.10 Å². The highest BCUT2D eigenvalue weighted by Crippen LogP contribution is 2.57. The van der Waals surface area contributed by atoms with Crippen molar-refractivity contribution < 1.29 is 27.5 Å². The van der Waals surface area contributed by atoms with Gasteiger partial charge in [0.05, 0.1) is 33.5 Å². The van der Waals surface area contributed by atoms with E-state index in [0.29, 0.717) is 30.9 Å². The van der Waals surface area contributed by atoms with Gasteiger partial charge >= 0.3 is 0 Å². The molecule has 0 radical (unpaired) electrons. The van der Waals surface area contributed by atoms with Crippen molar-refractivity contribution in [1.29, 1.82) is 0 Å². The maximum atomic E-state index is 14.5. The van der Waals surface area contributed by atoms with E-state index in [-0.39, 0.29) is 42.9 Å². The van der Waals surface area contributed by atoms with Crippen LogP contribution in [0.15, 0.2) is 65.2 Å². The highest BCUT2D eigenvalue weighted by Gasteiger charge is 2.61. The van der Waals surface area contributed by atoms with Gasteiger partial charge in [0.25, 0.3) is 5.19 Å². The minimum absolute atomic E-state index is 0.0521. The van der Waals surface area contributed by atoms with Gasteiger partial charge in [-0.2, -0.15) is 0 Å². The lowest BCUT2D eigenvalue weighted by atomic mass is 9.90. The Balaban J connectivity index is 1.16. The number of aryl methyl sites for hydroxylation is 1. The van der Waals surface area contributed by atoms with Crippen LogP contribution in [0.1, 0.15) is 76.2 Å². The maximum Gasteiger partial charge on any atom is 0.274 e. The van der Waals surface area contributed by atoms with Gasteiger partial charge in [-0.25, -0.2) is 13.4 Å². The molecular weight excluding hydrogens is 726 g/mol. The second-order valence-electron chi connectivity index (χ2n) is 14.1. The predicted molar refractivity (Wildman–Crippen MR) is 193 cm³/mol. The van der Waals surface area contributed by atoms with E-state index in [0.717, 1.165) is 53.2 Å². The number of nitrogens with one attached hydrogen (secondary N) is 1. The molecule has 1 saturated heterocycles. The summed E-state index contributed by atoms with van der Waals surface area (Å²) in [5, 5.41) is -0.0641. The normalized spacial score (nSPS) is 28.6. The number of carbonyl (C=O) groups excluding carboxylic acids is 3. The molecule has 3 fully saturated rings. The van der Waals surface area contributed by atoms with Crippen molar-refractivity contribution in [2.24, 2.45) is 17.3 Å². The minimum Gasteiger partial charge on any atom is -0.465 e. The van der Waals surface area contributed by atoms with Crippen molar-refractivity contribution in [1.82, 2.24) is 14.6 Å². The summed E-state index contributed by atoms with van der Waals surface area (Å²) in [6.45, 7) is 0.245. The fourth-order valence-corrected chi connectivity index (χ4v) is 10.3. The van der Waals surface area contributed by atoms with Crippen LogP contribution in [-0.4, -0.2) is 59.8 Å². The number of aromatic nitrogens is 1. The summed E-state index contributed by atoms with van der Waals surface area (Å²) in [7, 11) is -3.78. The average molecular weight is 769 g/mol. The van der Waals surface area contributed by atoms with Gasteiger partial charge in [0, 0.05) is 23.2 Å². The number of halogens is 1. The summed E-state index contributed by atoms with van der Waals surface area (Å²) in [6.07, 6.45) is 11.1. The predicted octanol–water partition coefficient (Wildman–Crippen LogP) is 6.75. The van der Waals surface area contributed by atoms with Gasteiger partial charge in [-0.05, 0) is 81.0 Å². The molecule has 2 aliphatic heterocycles. The van der Waals surface area contributed by atoms with Crippen LogP contribution in [0.5, 0.6) is 5.19 Å². The van der Waals surface area contributed by atoms with E-state index in [1.165, 1.54) is 16.9 Å². The number of amides is 2. The number of hydrogen-bond acceptors (Lipinski definition) is 8. The number of Topliss-reactive ketones (excluding diaryl/α,β-unsaturated/α-hetero) is 1. The first-order valence-corrected chi connectivity index (χ1v) is 20.6. The Kier molecular flexibility index (Phi) is 10.0. The molecule has 2 saturated carbocycles. The number of rotatable bonds is 8. The van der Waals surface area contributed by atoms with Crippen LogP contribution in [0, 0.1) is 17.3 Å². The fourth-order valence-electron chi connectivity index (χ4n) is 7.46. The van der Waals surface area contributed by atoms with E-state index in [4.69, 9.17) is 4.74 Å². The molecule has 2 amide bonds. The molecule has 1 aromatic heterocycles. The van der Waals surface area contributed by atoms with E-state index < -0.39 is 38.7 Å². The molecule has 9 nitrogen and oxygen atoms in total. The minimum atomic E-state index is -3.78. The number of benzene rings is 2. The van der Waals surface area contributed by atoms with Crippen molar-refractivity contribution in [3.8, 4) is 5.19 Å². The summed E-state index contributed by atoms with van der Waals surface area (Å²) >= 11 is 4.93. The molecule has 0 bridgehead atoms. The molecule has 3 heterocycles. The molecule has 7 rings (SSSR count). The average Bonchev–Trinajstić information content (AvgIpc) is 3.97. The molecule has 2 aromatic carbocycles. The Bertz CT molecular complexity index is 1860. The van der Waals surface area contributed by atoms with Gasteiger partial charge in [-0.1, -0.05) is 82.6 Å². The Morgan fingerprint density at radius 1 is 1.08 bits per heavy atom. The number of ether oxygens (including phenoxy) is 1. The molecule has 49 heavy (non-hydrogen) atoms. The van der Waals surface area contributed by atoms with Gasteiger partial charge < -0.3 is 9.64 Å². The highest BCUT2D eigenvalue weighted by atomic mass is 79.9. The number of hydrogen-bond donors (Lipinski definition) is 1. The number of carbonyl (C=O) groups is 3. The van der Waals surface area contributed by atoms with E-state index in [1.807, 2.05) is 42.5 Å². The van der Waals surface area contributed by atoms with E-state index in [2.05, 4.69) is 43.8 Å². The lowest BCUT2D eigenvalue weighted by Gasteiger charge is -2.29. The zero-order valence-electron chi connectivity index (χ0n) is 27.4. The van der Waals surface area contributed by atoms with Crippen molar-refractivity contribution in [3.63, 3.8) is 0 Å². The molecule has 4 aliphatic rings. The number of nitrogens with zero attached hydrogens (tertiary/aromatic N) is 2. The summed E-state index contributed by atoms with van der Waals surface area (Å²) in [6, 6.07) is 15.2. The van der Waals surface area contributed by atoms with Crippen molar-refractivity contribution in [3.05, 3.63) is 70.7 Å². The van der Waals surface area contributed by atoms with E-state index >= 15 is 0 Å². The largest absolute Gasteiger partial charge is 0.465 e. The van der Waals surface area contributed by atoms with Crippen LogP contribution in [0.3, 0.4) is 0 Å². The van der Waals surface area contributed by atoms with Crippen molar-refractivity contribution in [2.45, 2.75) is 94.4 Å². The van der Waals surface area contributed by atoms with Crippen LogP contribution in [-0.2, 0) is 30.8 Å². The molecule has 1 N–H and O–H groups in total. The van der Waals surface area contributed by atoms with Gasteiger partial charge in [0.15, 0.2) is 5.78 Å². The first-order valence-electron chi connectivity index (χ1n) is 17.4. The smallest absolute Gasteiger partial charge is 0.274 e. The van der Waals surface area contributed by atoms with E-state index in [9.17, 15) is 22.8 Å². The van der Waals surface area contributed by atoms with Gasteiger partial charge in [0.2, 0.25) is 21.8 Å². The van der Waals surface area contributed by atoms with Gasteiger partial charge in [-0.15, -0.1) is 0 Å². The number of allylic oxidation sites excluding steroid dienone is 2. The van der Waals surface area contributed by atoms with Crippen LogP contribution >= 0.6 is 27.3 Å². The third-order valence-corrected chi connectivity index (χ3v) is 13.8. The van der Waals surface area contributed by atoms with Crippen molar-refractivity contribution in [2.75, 3.05) is 6.54 Å². The van der Waals surface area contributed by atoms with Crippen LogP contribution in [0.25, 0.3) is 10.2 Å². The first kappa shape index (κ1) is 34.4. The summed E-state index contributed by atoms with van der Waals surface area (Å²) in [5.41, 5.74) is 0.838. The summed E-state index contributed by atoms with van der Waals surface area (Å²) in [5.74, 6) is -1.36. The first-order chi connectivity index (χ1) is 23.6. The monoisotopic (exact) mass is 767 g/mol. The van der Waals surface area contributed by atoms with Crippen molar-refractivity contribution >= 4 is 65.1 Å².